The summed E-state index contributed by atoms with van der Waals surface area (Å²) in [6.07, 6.45) is -4.49. The van der Waals surface area contributed by atoms with Crippen molar-refractivity contribution in [3.05, 3.63) is 59.2 Å². The number of nitrogens with zero attached hydrogens (tertiary/aromatic N) is 1. The minimum Gasteiger partial charge on any atom is -0.374 e. The Morgan fingerprint density at radius 3 is 2.41 bits per heavy atom. The first-order valence-electron chi connectivity index (χ1n) is 8.80. The summed E-state index contributed by atoms with van der Waals surface area (Å²) in [6.45, 7) is 2.84. The van der Waals surface area contributed by atoms with Crippen LogP contribution in [-0.4, -0.2) is 31.8 Å². The van der Waals surface area contributed by atoms with Crippen molar-refractivity contribution in [2.75, 3.05) is 11.9 Å². The van der Waals surface area contributed by atoms with E-state index < -0.39 is 32.7 Å². The van der Waals surface area contributed by atoms with Crippen LogP contribution in [0, 0.1) is 6.92 Å². The van der Waals surface area contributed by atoms with Gasteiger partial charge in [0.25, 0.3) is 0 Å². The van der Waals surface area contributed by atoms with Crippen LogP contribution in [-0.2, 0) is 27.5 Å². The molecule has 1 aliphatic heterocycles. The van der Waals surface area contributed by atoms with Gasteiger partial charge >= 0.3 is 6.18 Å². The predicted octanol–water partition coefficient (Wildman–Crippen LogP) is 2.87. The molecule has 10 heteroatoms. The molecular formula is C19H20F3N3O3S. The van der Waals surface area contributed by atoms with Gasteiger partial charge in [0.1, 0.15) is 6.04 Å². The van der Waals surface area contributed by atoms with Crippen molar-refractivity contribution in [3.63, 3.8) is 0 Å². The number of aryl methyl sites for hydroxylation is 1. The molecule has 29 heavy (non-hydrogen) atoms. The summed E-state index contributed by atoms with van der Waals surface area (Å²) in [4.78, 5) is 13.2. The predicted molar refractivity (Wildman–Crippen MR) is 101 cm³/mol. The number of primary sulfonamides is 1. The zero-order valence-corrected chi connectivity index (χ0v) is 16.3. The Kier molecular flexibility index (Phi) is 5.59. The fourth-order valence-corrected chi connectivity index (χ4v) is 3.97. The number of hydrogen-bond donors (Lipinski definition) is 2. The van der Waals surface area contributed by atoms with Crippen LogP contribution in [0.2, 0.25) is 0 Å². The zero-order valence-electron chi connectivity index (χ0n) is 15.5. The van der Waals surface area contributed by atoms with E-state index in [1.807, 2.05) is 31.2 Å². The molecule has 0 spiro atoms. The van der Waals surface area contributed by atoms with E-state index in [1.54, 1.807) is 4.90 Å². The average Bonchev–Trinajstić information content (AvgIpc) is 2.95. The molecule has 2 aromatic carbocycles. The molecule has 0 radical (unpaired) electrons. The molecule has 1 unspecified atom stereocenters. The second kappa shape index (κ2) is 7.68. The van der Waals surface area contributed by atoms with Crippen molar-refractivity contribution in [1.29, 1.82) is 0 Å². The minimum atomic E-state index is -4.91. The highest BCUT2D eigenvalue weighted by Crippen LogP contribution is 2.36. The van der Waals surface area contributed by atoms with Crippen LogP contribution >= 0.6 is 0 Å². The maximum Gasteiger partial charge on any atom is 0.417 e. The number of carbonyl (C=O) groups is 1. The number of anilines is 1. The van der Waals surface area contributed by atoms with Crippen LogP contribution < -0.4 is 10.5 Å². The highest BCUT2D eigenvalue weighted by atomic mass is 32.2. The largest absolute Gasteiger partial charge is 0.417 e. The first-order valence-corrected chi connectivity index (χ1v) is 10.3. The molecule has 1 aliphatic rings. The van der Waals surface area contributed by atoms with E-state index in [-0.39, 0.29) is 11.6 Å². The quantitative estimate of drug-likeness (QED) is 0.768. The van der Waals surface area contributed by atoms with E-state index in [1.165, 1.54) is 6.07 Å². The lowest BCUT2D eigenvalue weighted by atomic mass is 10.1. The number of halogens is 3. The number of amides is 1. The van der Waals surface area contributed by atoms with Crippen LogP contribution in [0.25, 0.3) is 0 Å². The molecule has 0 aliphatic carbocycles. The molecule has 1 saturated heterocycles. The number of likely N-dealkylation sites (tertiary alicyclic amines) is 1. The summed E-state index contributed by atoms with van der Waals surface area (Å²) < 4.78 is 62.7. The Morgan fingerprint density at radius 2 is 1.83 bits per heavy atom. The first kappa shape index (κ1) is 21.1. The van der Waals surface area contributed by atoms with Gasteiger partial charge in [-0.1, -0.05) is 29.8 Å². The number of alkyl halides is 3. The maximum atomic E-state index is 13.3. The lowest BCUT2D eigenvalue weighted by Crippen LogP contribution is -2.33. The van der Waals surface area contributed by atoms with Gasteiger partial charge in [-0.3, -0.25) is 4.79 Å². The number of nitrogens with one attached hydrogen (secondary N) is 1. The standard InChI is InChI=1S/C19H20F3N3O3S/c1-12-2-4-13(5-3-12)11-25-9-8-16(18(25)26)24-14-6-7-17(29(23,27)28)15(10-14)19(20,21)22/h2-7,10,16,24H,8-9,11H2,1H3,(H2,23,27,28). The highest BCUT2D eigenvalue weighted by Gasteiger charge is 2.37. The molecule has 0 aromatic heterocycles. The molecular weight excluding hydrogens is 407 g/mol. The normalized spacial score (nSPS) is 17.6. The van der Waals surface area contributed by atoms with E-state index in [2.05, 4.69) is 5.32 Å². The second-order valence-corrected chi connectivity index (χ2v) is 8.51. The summed E-state index contributed by atoms with van der Waals surface area (Å²) >= 11 is 0. The van der Waals surface area contributed by atoms with E-state index in [0.717, 1.165) is 17.2 Å². The molecule has 156 valence electrons. The van der Waals surface area contributed by atoms with Crippen LogP contribution in [0.3, 0.4) is 0 Å². The second-order valence-electron chi connectivity index (χ2n) is 6.98. The number of sulfonamides is 1. The monoisotopic (exact) mass is 427 g/mol. The third-order valence-electron chi connectivity index (χ3n) is 4.72. The van der Waals surface area contributed by atoms with E-state index in [4.69, 9.17) is 5.14 Å². The van der Waals surface area contributed by atoms with E-state index in [0.29, 0.717) is 25.6 Å². The molecule has 1 heterocycles. The van der Waals surface area contributed by atoms with Gasteiger partial charge in [-0.25, -0.2) is 13.6 Å². The molecule has 6 nitrogen and oxygen atoms in total. The van der Waals surface area contributed by atoms with Gasteiger partial charge in [-0.2, -0.15) is 13.2 Å². The van der Waals surface area contributed by atoms with Crippen LogP contribution in [0.1, 0.15) is 23.1 Å². The van der Waals surface area contributed by atoms with Crippen LogP contribution in [0.15, 0.2) is 47.4 Å². The summed E-state index contributed by atoms with van der Waals surface area (Å²) in [6, 6.07) is 9.66. The minimum absolute atomic E-state index is 0.000242. The lowest BCUT2D eigenvalue weighted by molar-refractivity contribution is -0.139. The Hall–Kier alpha value is -2.59. The van der Waals surface area contributed by atoms with Crippen LogP contribution in [0.5, 0.6) is 0 Å². The lowest BCUT2D eigenvalue weighted by Gasteiger charge is -2.19. The van der Waals surface area contributed by atoms with Gasteiger partial charge in [0.05, 0.1) is 10.5 Å². The Morgan fingerprint density at radius 1 is 1.17 bits per heavy atom. The fourth-order valence-electron chi connectivity index (χ4n) is 3.23. The van der Waals surface area contributed by atoms with Crippen LogP contribution in [0.4, 0.5) is 18.9 Å². The summed E-state index contributed by atoms with van der Waals surface area (Å²) in [5.74, 6) is -0.227. The maximum absolute atomic E-state index is 13.3. The van der Waals surface area contributed by atoms with Gasteiger partial charge in [-0.15, -0.1) is 0 Å². The summed E-state index contributed by atoms with van der Waals surface area (Å²) in [5, 5.41) is 7.66. The zero-order chi connectivity index (χ0) is 21.4. The first-order chi connectivity index (χ1) is 13.4. The van der Waals surface area contributed by atoms with Crippen molar-refractivity contribution in [2.24, 2.45) is 5.14 Å². The SMILES string of the molecule is Cc1ccc(CN2CCC(Nc3ccc(S(N)(=O)=O)c(C(F)(F)F)c3)C2=O)cc1. The van der Waals surface area contributed by atoms with Crippen molar-refractivity contribution in [2.45, 2.75) is 37.0 Å². The number of hydrogen-bond acceptors (Lipinski definition) is 4. The number of rotatable bonds is 5. The summed E-state index contributed by atoms with van der Waals surface area (Å²) in [7, 11) is -4.54. The van der Waals surface area contributed by atoms with Gasteiger partial charge in [0, 0.05) is 18.8 Å². The molecule has 0 saturated carbocycles. The Labute approximate surface area is 166 Å². The number of benzene rings is 2. The van der Waals surface area contributed by atoms with Gasteiger partial charge < -0.3 is 10.2 Å². The molecule has 1 fully saturated rings. The van der Waals surface area contributed by atoms with Crippen molar-refractivity contribution < 1.29 is 26.4 Å². The summed E-state index contributed by atoms with van der Waals surface area (Å²) in [5.41, 5.74) is 0.693. The van der Waals surface area contributed by atoms with Gasteiger partial charge in [0.2, 0.25) is 15.9 Å². The van der Waals surface area contributed by atoms with E-state index in [9.17, 15) is 26.4 Å². The average molecular weight is 427 g/mol. The molecule has 3 N–H and O–H groups in total. The fraction of sp³-hybridized carbons (Fsp3) is 0.316. The third-order valence-corrected chi connectivity index (χ3v) is 5.69. The molecule has 0 bridgehead atoms. The molecule has 3 rings (SSSR count). The topological polar surface area (TPSA) is 92.5 Å². The highest BCUT2D eigenvalue weighted by molar-refractivity contribution is 7.89. The van der Waals surface area contributed by atoms with Crippen molar-refractivity contribution in [3.8, 4) is 0 Å². The number of nitrogens with two attached hydrogens (primary N) is 1. The molecule has 2 aromatic rings. The number of carbonyl (C=O) groups excluding carboxylic acids is 1. The Bertz CT molecular complexity index is 1020. The van der Waals surface area contributed by atoms with Crippen molar-refractivity contribution in [1.82, 2.24) is 4.90 Å². The van der Waals surface area contributed by atoms with E-state index >= 15 is 0 Å². The van der Waals surface area contributed by atoms with Crippen molar-refractivity contribution >= 4 is 21.6 Å². The molecule has 1 amide bonds. The van der Waals surface area contributed by atoms with Gasteiger partial charge in [0.15, 0.2) is 0 Å². The van der Waals surface area contributed by atoms with Gasteiger partial charge in [-0.05, 0) is 37.1 Å². The smallest absolute Gasteiger partial charge is 0.374 e. The Balaban J connectivity index is 1.76. The third kappa shape index (κ3) is 4.88. The molecule has 1 atom stereocenters.